The molecule has 0 radical (unpaired) electrons. The van der Waals surface area contributed by atoms with Crippen LogP contribution in [-0.2, 0) is 21.4 Å². The minimum Gasteiger partial charge on any atom is -0.341 e. The van der Waals surface area contributed by atoms with Gasteiger partial charge in [0.05, 0.1) is 0 Å². The van der Waals surface area contributed by atoms with E-state index in [0.717, 1.165) is 22.9 Å². The van der Waals surface area contributed by atoms with Gasteiger partial charge >= 0.3 is 0 Å². The first-order valence-corrected chi connectivity index (χ1v) is 13.9. The highest BCUT2D eigenvalue weighted by Gasteiger charge is 2.32. The van der Waals surface area contributed by atoms with Crippen molar-refractivity contribution >= 4 is 49.0 Å². The summed E-state index contributed by atoms with van der Waals surface area (Å²) in [4.78, 5) is 15.2. The van der Waals surface area contributed by atoms with Gasteiger partial charge in [-0.2, -0.15) is 9.98 Å². The van der Waals surface area contributed by atoms with Crippen LogP contribution in [0.3, 0.4) is 0 Å². The van der Waals surface area contributed by atoms with Crippen LogP contribution in [0.15, 0.2) is 40.7 Å². The Morgan fingerprint density at radius 2 is 2.06 bits per heavy atom. The molecule has 7 nitrogen and oxygen atoms in total. The van der Waals surface area contributed by atoms with E-state index < -0.39 is 16.1 Å². The lowest BCUT2D eigenvalue weighted by Crippen LogP contribution is -2.50. The van der Waals surface area contributed by atoms with Gasteiger partial charge < -0.3 is 9.47 Å². The number of nitrogens with zero attached hydrogens (tertiary/aromatic N) is 3. The molecule has 1 amide bonds. The second-order valence-electron chi connectivity index (χ2n) is 8.82. The molecule has 1 aliphatic rings. The number of sulfonamides is 1. The van der Waals surface area contributed by atoms with E-state index in [1.807, 2.05) is 0 Å². The number of hydrogen-bond acceptors (Lipinski definition) is 5. The molecule has 34 heavy (non-hydrogen) atoms. The molecule has 3 heterocycles. The Morgan fingerprint density at radius 1 is 1.32 bits per heavy atom. The zero-order valence-corrected chi connectivity index (χ0v) is 21.5. The lowest BCUT2D eigenvalue weighted by atomic mass is 9.98. The Morgan fingerprint density at radius 3 is 2.76 bits per heavy atom. The second kappa shape index (κ2) is 10.1. The van der Waals surface area contributed by atoms with Gasteiger partial charge in [-0.25, -0.2) is 8.42 Å². The first-order valence-electron chi connectivity index (χ1n) is 11.2. The predicted molar refractivity (Wildman–Crippen MR) is 134 cm³/mol. The van der Waals surface area contributed by atoms with Crippen LogP contribution in [0.2, 0.25) is 5.02 Å². The third-order valence-corrected chi connectivity index (χ3v) is 9.99. The summed E-state index contributed by atoms with van der Waals surface area (Å²) in [5, 5.41) is 10.6. The highest BCUT2D eigenvalue weighted by atomic mass is 35.5. The van der Waals surface area contributed by atoms with Crippen molar-refractivity contribution in [1.82, 2.24) is 14.2 Å². The van der Waals surface area contributed by atoms with E-state index in [1.54, 1.807) is 52.9 Å². The molecule has 2 aromatic heterocycles. The van der Waals surface area contributed by atoms with E-state index in [9.17, 15) is 18.5 Å². The standard InChI is InChI=1S/C24H27ClN4O3S2/c1-16-7-11-29(12-8-16)23(30)21(9-13-28-10-3-4-19(28)15-26)27-34(31,32)24-17(2)20-14-18(25)5-6-22(20)33-24/h3-6,10,14,16,21,27H,7-9,11-13H2,1-2H3. The zero-order chi connectivity index (χ0) is 24.5. The maximum atomic E-state index is 13.5. The molecule has 0 bridgehead atoms. The van der Waals surface area contributed by atoms with Gasteiger partial charge in [0.2, 0.25) is 5.91 Å². The number of nitrogens with one attached hydrogen (secondary N) is 1. The minimum absolute atomic E-state index is 0.188. The van der Waals surface area contributed by atoms with E-state index >= 15 is 0 Å². The van der Waals surface area contributed by atoms with Crippen LogP contribution in [0.4, 0.5) is 0 Å². The summed E-state index contributed by atoms with van der Waals surface area (Å²) in [5.74, 6) is 0.327. The summed E-state index contributed by atoms with van der Waals surface area (Å²) in [5.41, 5.74) is 1.09. The lowest BCUT2D eigenvalue weighted by molar-refractivity contribution is -0.134. The van der Waals surface area contributed by atoms with Crippen LogP contribution < -0.4 is 4.72 Å². The number of rotatable bonds is 7. The molecule has 180 valence electrons. The van der Waals surface area contributed by atoms with Crippen molar-refractivity contribution in [2.75, 3.05) is 13.1 Å². The smallest absolute Gasteiger partial charge is 0.251 e. The van der Waals surface area contributed by atoms with E-state index in [2.05, 4.69) is 17.7 Å². The van der Waals surface area contributed by atoms with Crippen molar-refractivity contribution in [3.63, 3.8) is 0 Å². The van der Waals surface area contributed by atoms with Crippen molar-refractivity contribution in [3.05, 3.63) is 52.8 Å². The number of benzene rings is 1. The van der Waals surface area contributed by atoms with Crippen LogP contribution in [0.5, 0.6) is 0 Å². The number of carbonyl (C=O) groups excluding carboxylic acids is 1. The summed E-state index contributed by atoms with van der Waals surface area (Å²) in [7, 11) is -3.96. The van der Waals surface area contributed by atoms with Crippen molar-refractivity contribution in [3.8, 4) is 6.07 Å². The minimum atomic E-state index is -3.96. The highest BCUT2D eigenvalue weighted by molar-refractivity contribution is 7.91. The van der Waals surface area contributed by atoms with Crippen LogP contribution in [-0.4, -0.2) is 42.9 Å². The van der Waals surface area contributed by atoms with Gasteiger partial charge in [-0.05, 0) is 73.4 Å². The molecule has 1 aromatic carbocycles. The zero-order valence-electron chi connectivity index (χ0n) is 19.1. The van der Waals surface area contributed by atoms with Gasteiger partial charge in [0.15, 0.2) is 0 Å². The summed E-state index contributed by atoms with van der Waals surface area (Å²) in [6, 6.07) is 9.94. The number of amides is 1. The lowest BCUT2D eigenvalue weighted by Gasteiger charge is -2.33. The van der Waals surface area contributed by atoms with Crippen LogP contribution in [0.25, 0.3) is 10.1 Å². The molecule has 10 heteroatoms. The second-order valence-corrected chi connectivity index (χ2v) is 12.2. The molecule has 1 atom stereocenters. The van der Waals surface area contributed by atoms with Gasteiger partial charge in [0.1, 0.15) is 22.0 Å². The maximum Gasteiger partial charge on any atom is 0.251 e. The van der Waals surface area contributed by atoms with E-state index in [4.69, 9.17) is 11.6 Å². The van der Waals surface area contributed by atoms with Gasteiger partial charge in [0.25, 0.3) is 10.0 Å². The molecule has 4 rings (SSSR count). The van der Waals surface area contributed by atoms with Crippen molar-refractivity contribution in [2.24, 2.45) is 5.92 Å². The average molecular weight is 519 g/mol. The number of hydrogen-bond donors (Lipinski definition) is 1. The van der Waals surface area contributed by atoms with E-state index in [0.29, 0.717) is 41.8 Å². The molecule has 0 saturated carbocycles. The van der Waals surface area contributed by atoms with E-state index in [1.165, 1.54) is 11.3 Å². The molecule has 1 unspecified atom stereocenters. The van der Waals surface area contributed by atoms with Crippen LogP contribution in [0, 0.1) is 24.2 Å². The molecule has 0 aliphatic carbocycles. The molecule has 1 aliphatic heterocycles. The van der Waals surface area contributed by atoms with Gasteiger partial charge in [-0.3, -0.25) is 4.79 Å². The number of piperidine rings is 1. The molecule has 1 saturated heterocycles. The first-order chi connectivity index (χ1) is 16.2. The molecule has 1 N–H and O–H groups in total. The van der Waals surface area contributed by atoms with Gasteiger partial charge in [0, 0.05) is 35.6 Å². The fraction of sp³-hybridized carbons (Fsp3) is 0.417. The van der Waals surface area contributed by atoms with Crippen molar-refractivity contribution in [1.29, 1.82) is 5.26 Å². The van der Waals surface area contributed by atoms with Crippen LogP contribution >= 0.6 is 22.9 Å². The number of nitriles is 1. The summed E-state index contributed by atoms with van der Waals surface area (Å²) >= 11 is 7.28. The largest absolute Gasteiger partial charge is 0.341 e. The fourth-order valence-corrected chi connectivity index (χ4v) is 7.49. The average Bonchev–Trinajstić information content (AvgIpc) is 3.41. The van der Waals surface area contributed by atoms with Gasteiger partial charge in [-0.1, -0.05) is 18.5 Å². The fourth-order valence-electron chi connectivity index (χ4n) is 4.33. The number of carbonyl (C=O) groups is 1. The van der Waals surface area contributed by atoms with Crippen LogP contribution in [0.1, 0.15) is 37.4 Å². The molecule has 3 aromatic rings. The molecular weight excluding hydrogens is 492 g/mol. The first kappa shape index (κ1) is 24.7. The number of aryl methyl sites for hydroxylation is 2. The van der Waals surface area contributed by atoms with E-state index in [-0.39, 0.29) is 16.5 Å². The van der Waals surface area contributed by atoms with Gasteiger partial charge in [-0.15, -0.1) is 11.3 Å². The Labute approximate surface area is 209 Å². The van der Waals surface area contributed by atoms with Crippen molar-refractivity contribution in [2.45, 2.75) is 49.9 Å². The predicted octanol–water partition coefficient (Wildman–Crippen LogP) is 4.53. The maximum absolute atomic E-state index is 13.5. The Bertz CT molecular complexity index is 1350. The topological polar surface area (TPSA) is 95.2 Å². The number of halogens is 1. The summed E-state index contributed by atoms with van der Waals surface area (Å²) in [6.45, 7) is 5.50. The summed E-state index contributed by atoms with van der Waals surface area (Å²) < 4.78 is 32.4. The Balaban J connectivity index is 1.62. The number of fused-ring (bicyclic) bond motifs is 1. The Hall–Kier alpha value is -2.38. The molecule has 0 spiro atoms. The molecular formula is C24H27ClN4O3S2. The Kier molecular flexibility index (Phi) is 7.33. The third kappa shape index (κ3) is 5.15. The molecule has 1 fully saturated rings. The van der Waals surface area contributed by atoms with Crippen molar-refractivity contribution < 1.29 is 13.2 Å². The monoisotopic (exact) mass is 518 g/mol. The summed E-state index contributed by atoms with van der Waals surface area (Å²) in [6.07, 6.45) is 3.80. The highest BCUT2D eigenvalue weighted by Crippen LogP contribution is 2.35. The number of thiophene rings is 1. The third-order valence-electron chi connectivity index (χ3n) is 6.39. The normalized spacial score (nSPS) is 16.0. The SMILES string of the molecule is Cc1c(S(=O)(=O)NC(CCn2cccc2C#N)C(=O)N2CCC(C)CC2)sc2ccc(Cl)cc12. The quantitative estimate of drug-likeness (QED) is 0.497. The number of aromatic nitrogens is 1. The number of likely N-dealkylation sites (tertiary alicyclic amines) is 1.